The molecule has 0 radical (unpaired) electrons. The topological polar surface area (TPSA) is 46.5 Å². The van der Waals surface area contributed by atoms with E-state index in [9.17, 15) is 9.18 Å². The minimum absolute atomic E-state index is 0.0262. The zero-order valence-corrected chi connectivity index (χ0v) is 8.63. The van der Waals surface area contributed by atoms with Gasteiger partial charge in [0, 0.05) is 11.4 Å². The van der Waals surface area contributed by atoms with Crippen LogP contribution in [-0.4, -0.2) is 24.4 Å². The lowest BCUT2D eigenvalue weighted by atomic mass is 10.2. The summed E-state index contributed by atoms with van der Waals surface area (Å²) in [6.07, 6.45) is 0.228. The van der Waals surface area contributed by atoms with Gasteiger partial charge in [-0.05, 0) is 18.2 Å². The second kappa shape index (κ2) is 5.56. The van der Waals surface area contributed by atoms with E-state index in [4.69, 9.17) is 21.4 Å². The number of carboxylic acids is 1. The van der Waals surface area contributed by atoms with E-state index in [0.717, 1.165) is 0 Å². The highest BCUT2D eigenvalue weighted by Crippen LogP contribution is 2.23. The first kappa shape index (κ1) is 11.8. The molecule has 0 fully saturated rings. The van der Waals surface area contributed by atoms with Crippen molar-refractivity contribution in [3.63, 3.8) is 0 Å². The van der Waals surface area contributed by atoms with Gasteiger partial charge in [0.2, 0.25) is 0 Å². The van der Waals surface area contributed by atoms with Crippen LogP contribution in [0.4, 0.5) is 4.39 Å². The minimum atomic E-state index is -1.10. The average Bonchev–Trinajstić information content (AvgIpc) is 2.18. The van der Waals surface area contributed by atoms with Crippen LogP contribution < -0.4 is 4.74 Å². The van der Waals surface area contributed by atoms with Crippen molar-refractivity contribution in [3.8, 4) is 5.75 Å². The molecule has 0 unspecified atom stereocenters. The van der Waals surface area contributed by atoms with Crippen molar-refractivity contribution < 1.29 is 19.0 Å². The summed E-state index contributed by atoms with van der Waals surface area (Å²) in [6, 6.07) is 4.23. The van der Waals surface area contributed by atoms with Gasteiger partial charge in [-0.3, -0.25) is 4.39 Å². The molecule has 5 heteroatoms. The summed E-state index contributed by atoms with van der Waals surface area (Å²) in [5.41, 5.74) is 0.0262. The molecule has 0 aromatic heterocycles. The van der Waals surface area contributed by atoms with Crippen molar-refractivity contribution in [2.24, 2.45) is 0 Å². The van der Waals surface area contributed by atoms with Crippen molar-refractivity contribution >= 4 is 17.6 Å². The van der Waals surface area contributed by atoms with E-state index in [1.54, 1.807) is 0 Å². The third kappa shape index (κ3) is 3.40. The van der Waals surface area contributed by atoms with Crippen LogP contribution in [0.2, 0.25) is 5.02 Å². The van der Waals surface area contributed by atoms with Crippen LogP contribution in [0.15, 0.2) is 18.2 Å². The summed E-state index contributed by atoms with van der Waals surface area (Å²) in [6.45, 7) is -0.361. The van der Waals surface area contributed by atoms with Crippen LogP contribution in [0.1, 0.15) is 16.8 Å². The standard InChI is InChI=1S/C10H10ClFO3/c11-7-2-3-8(10(13)14)9(6-7)15-5-1-4-12/h2-3,6H,1,4-5H2,(H,13,14). The molecular weight excluding hydrogens is 223 g/mol. The largest absolute Gasteiger partial charge is 0.493 e. The number of ether oxygens (including phenoxy) is 1. The van der Waals surface area contributed by atoms with Gasteiger partial charge in [0.15, 0.2) is 0 Å². The fourth-order valence-corrected chi connectivity index (χ4v) is 1.19. The van der Waals surface area contributed by atoms with Crippen molar-refractivity contribution in [1.29, 1.82) is 0 Å². The van der Waals surface area contributed by atoms with Gasteiger partial charge >= 0.3 is 5.97 Å². The maximum atomic E-state index is 11.8. The summed E-state index contributed by atoms with van der Waals surface area (Å²) < 4.78 is 16.9. The van der Waals surface area contributed by atoms with Crippen molar-refractivity contribution in [2.75, 3.05) is 13.3 Å². The maximum Gasteiger partial charge on any atom is 0.339 e. The molecule has 0 bridgehead atoms. The molecular formula is C10H10ClFO3. The molecule has 1 aromatic carbocycles. The molecule has 3 nitrogen and oxygen atoms in total. The normalized spacial score (nSPS) is 10.0. The van der Waals surface area contributed by atoms with Crippen LogP contribution in [0.5, 0.6) is 5.75 Å². The lowest BCUT2D eigenvalue weighted by Gasteiger charge is -2.08. The number of alkyl halides is 1. The zero-order chi connectivity index (χ0) is 11.3. The Hall–Kier alpha value is -1.29. The number of halogens is 2. The SMILES string of the molecule is O=C(O)c1ccc(Cl)cc1OCCCF. The molecule has 0 aliphatic carbocycles. The lowest BCUT2D eigenvalue weighted by molar-refractivity contribution is 0.0692. The third-order valence-corrected chi connectivity index (χ3v) is 1.94. The van der Waals surface area contributed by atoms with Crippen LogP contribution in [-0.2, 0) is 0 Å². The Balaban J connectivity index is 2.82. The summed E-state index contributed by atoms with van der Waals surface area (Å²) in [5.74, 6) is -0.926. The monoisotopic (exact) mass is 232 g/mol. The summed E-state index contributed by atoms with van der Waals surface area (Å²) in [4.78, 5) is 10.8. The maximum absolute atomic E-state index is 11.8. The first-order valence-electron chi connectivity index (χ1n) is 4.36. The highest BCUT2D eigenvalue weighted by Gasteiger charge is 2.11. The summed E-state index contributed by atoms with van der Waals surface area (Å²) in [5, 5.41) is 9.20. The highest BCUT2D eigenvalue weighted by molar-refractivity contribution is 6.30. The van der Waals surface area contributed by atoms with Crippen LogP contribution >= 0.6 is 11.6 Å². The molecule has 0 aliphatic heterocycles. The van der Waals surface area contributed by atoms with Gasteiger partial charge in [0.25, 0.3) is 0 Å². The number of hydrogen-bond donors (Lipinski definition) is 1. The van der Waals surface area contributed by atoms with E-state index in [0.29, 0.717) is 5.02 Å². The van der Waals surface area contributed by atoms with Crippen molar-refractivity contribution in [1.82, 2.24) is 0 Å². The van der Waals surface area contributed by atoms with Gasteiger partial charge in [-0.1, -0.05) is 11.6 Å². The van der Waals surface area contributed by atoms with Crippen molar-refractivity contribution in [3.05, 3.63) is 28.8 Å². The first-order chi connectivity index (χ1) is 7.15. The van der Waals surface area contributed by atoms with E-state index in [1.807, 2.05) is 0 Å². The molecule has 0 spiro atoms. The number of carbonyl (C=O) groups is 1. The molecule has 1 N–H and O–H groups in total. The smallest absolute Gasteiger partial charge is 0.339 e. The van der Waals surface area contributed by atoms with Crippen LogP contribution in [0, 0.1) is 0 Å². The lowest BCUT2D eigenvalue weighted by Crippen LogP contribution is -2.04. The van der Waals surface area contributed by atoms with Gasteiger partial charge in [-0.2, -0.15) is 0 Å². The molecule has 15 heavy (non-hydrogen) atoms. The molecule has 0 aliphatic rings. The Bertz CT molecular complexity index is 355. The van der Waals surface area contributed by atoms with Gasteiger partial charge in [-0.15, -0.1) is 0 Å². The van der Waals surface area contributed by atoms with Gasteiger partial charge in [-0.25, -0.2) is 4.79 Å². The van der Waals surface area contributed by atoms with E-state index in [2.05, 4.69) is 0 Å². The van der Waals surface area contributed by atoms with Crippen molar-refractivity contribution in [2.45, 2.75) is 6.42 Å². The minimum Gasteiger partial charge on any atom is -0.493 e. The summed E-state index contributed by atoms with van der Waals surface area (Å²) in [7, 11) is 0. The van der Waals surface area contributed by atoms with Gasteiger partial charge < -0.3 is 9.84 Å². The van der Waals surface area contributed by atoms with Crippen LogP contribution in [0.3, 0.4) is 0 Å². The zero-order valence-electron chi connectivity index (χ0n) is 7.87. The van der Waals surface area contributed by atoms with Gasteiger partial charge in [0.1, 0.15) is 11.3 Å². The Morgan fingerprint density at radius 1 is 1.53 bits per heavy atom. The molecule has 0 heterocycles. The number of aromatic carboxylic acids is 1. The molecule has 0 saturated heterocycles. The fraction of sp³-hybridized carbons (Fsp3) is 0.300. The van der Waals surface area contributed by atoms with Gasteiger partial charge in [0.05, 0.1) is 13.3 Å². The molecule has 0 amide bonds. The molecule has 1 aromatic rings. The third-order valence-electron chi connectivity index (χ3n) is 1.71. The second-order valence-electron chi connectivity index (χ2n) is 2.84. The number of hydrogen-bond acceptors (Lipinski definition) is 2. The molecule has 0 saturated carbocycles. The predicted octanol–water partition coefficient (Wildman–Crippen LogP) is 2.78. The fourth-order valence-electron chi connectivity index (χ4n) is 1.03. The average molecular weight is 233 g/mol. The predicted molar refractivity (Wildman–Crippen MR) is 54.5 cm³/mol. The van der Waals surface area contributed by atoms with E-state index >= 15 is 0 Å². The Kier molecular flexibility index (Phi) is 4.37. The second-order valence-corrected chi connectivity index (χ2v) is 3.27. The van der Waals surface area contributed by atoms with Crippen LogP contribution in [0.25, 0.3) is 0 Å². The number of carboxylic acid groups (broad SMARTS) is 1. The Labute approximate surface area is 91.4 Å². The Morgan fingerprint density at radius 2 is 2.27 bits per heavy atom. The Morgan fingerprint density at radius 3 is 2.87 bits per heavy atom. The molecule has 0 atom stereocenters. The van der Waals surface area contributed by atoms with E-state index in [-0.39, 0.29) is 24.3 Å². The number of benzene rings is 1. The summed E-state index contributed by atoms with van der Waals surface area (Å²) >= 11 is 5.69. The van der Waals surface area contributed by atoms with E-state index < -0.39 is 12.6 Å². The quantitative estimate of drug-likeness (QED) is 0.794. The molecule has 82 valence electrons. The highest BCUT2D eigenvalue weighted by atomic mass is 35.5. The first-order valence-corrected chi connectivity index (χ1v) is 4.74. The number of rotatable bonds is 5. The van der Waals surface area contributed by atoms with E-state index in [1.165, 1.54) is 18.2 Å². The molecule has 1 rings (SSSR count).